The van der Waals surface area contributed by atoms with E-state index in [2.05, 4.69) is 20.3 Å². The van der Waals surface area contributed by atoms with E-state index in [0.717, 1.165) is 6.42 Å². The smallest absolute Gasteiger partial charge is 0.272 e. The SMILES string of the molecule is CCCNC(=O)c1ccnc(C(=O)N2CCN(c3ncccn3)CC2)c1. The summed E-state index contributed by atoms with van der Waals surface area (Å²) in [6.45, 7) is 5.03. The highest BCUT2D eigenvalue weighted by Gasteiger charge is 2.24. The molecule has 1 aliphatic rings. The van der Waals surface area contributed by atoms with Crippen LogP contribution in [0.15, 0.2) is 36.8 Å². The zero-order chi connectivity index (χ0) is 18.4. The molecule has 0 aromatic carbocycles. The van der Waals surface area contributed by atoms with E-state index in [0.29, 0.717) is 49.9 Å². The van der Waals surface area contributed by atoms with Crippen molar-refractivity contribution in [2.24, 2.45) is 0 Å². The van der Waals surface area contributed by atoms with Crippen LogP contribution in [0.4, 0.5) is 5.95 Å². The largest absolute Gasteiger partial charge is 0.352 e. The molecular weight excluding hydrogens is 332 g/mol. The van der Waals surface area contributed by atoms with Gasteiger partial charge in [0.25, 0.3) is 11.8 Å². The Morgan fingerprint density at radius 2 is 1.81 bits per heavy atom. The van der Waals surface area contributed by atoms with Gasteiger partial charge in [-0.05, 0) is 24.6 Å². The molecule has 0 bridgehead atoms. The summed E-state index contributed by atoms with van der Waals surface area (Å²) in [5.74, 6) is 0.324. The first-order valence-corrected chi connectivity index (χ1v) is 8.74. The third-order valence-corrected chi connectivity index (χ3v) is 4.18. The molecule has 8 nitrogen and oxygen atoms in total. The van der Waals surface area contributed by atoms with E-state index in [9.17, 15) is 9.59 Å². The van der Waals surface area contributed by atoms with Gasteiger partial charge in [-0.3, -0.25) is 14.6 Å². The first-order valence-electron chi connectivity index (χ1n) is 8.74. The summed E-state index contributed by atoms with van der Waals surface area (Å²) in [6, 6.07) is 4.95. The van der Waals surface area contributed by atoms with E-state index in [1.54, 1.807) is 35.5 Å². The van der Waals surface area contributed by atoms with Crippen molar-refractivity contribution >= 4 is 17.8 Å². The first kappa shape index (κ1) is 17.8. The lowest BCUT2D eigenvalue weighted by Gasteiger charge is -2.34. The molecule has 1 fully saturated rings. The molecule has 1 saturated heterocycles. The lowest BCUT2D eigenvalue weighted by atomic mass is 10.2. The number of carbonyl (C=O) groups excluding carboxylic acids is 2. The van der Waals surface area contributed by atoms with Gasteiger partial charge in [0.2, 0.25) is 5.95 Å². The Morgan fingerprint density at radius 3 is 2.50 bits per heavy atom. The van der Waals surface area contributed by atoms with Gasteiger partial charge in [-0.2, -0.15) is 0 Å². The van der Waals surface area contributed by atoms with Crippen molar-refractivity contribution in [2.45, 2.75) is 13.3 Å². The normalized spacial score (nSPS) is 14.2. The maximum Gasteiger partial charge on any atom is 0.272 e. The van der Waals surface area contributed by atoms with Crippen LogP contribution in [-0.2, 0) is 0 Å². The number of rotatable bonds is 5. The number of pyridine rings is 1. The van der Waals surface area contributed by atoms with E-state index >= 15 is 0 Å². The van der Waals surface area contributed by atoms with Gasteiger partial charge in [0.15, 0.2) is 0 Å². The standard InChI is InChI=1S/C18H22N6O2/c1-2-5-20-16(25)14-4-8-19-15(13-14)17(26)23-9-11-24(12-10-23)18-21-6-3-7-22-18/h3-4,6-8,13H,2,5,9-12H2,1H3,(H,20,25). The molecule has 0 radical (unpaired) electrons. The van der Waals surface area contributed by atoms with Crippen LogP contribution in [0, 0.1) is 0 Å². The van der Waals surface area contributed by atoms with Gasteiger partial charge in [0.1, 0.15) is 5.69 Å². The molecule has 0 aliphatic carbocycles. The molecule has 0 spiro atoms. The van der Waals surface area contributed by atoms with Crippen molar-refractivity contribution in [3.8, 4) is 0 Å². The number of carbonyl (C=O) groups is 2. The van der Waals surface area contributed by atoms with Gasteiger partial charge in [0.05, 0.1) is 0 Å². The number of amides is 2. The van der Waals surface area contributed by atoms with Crippen LogP contribution in [0.5, 0.6) is 0 Å². The highest BCUT2D eigenvalue weighted by Crippen LogP contribution is 2.12. The molecule has 1 N–H and O–H groups in total. The number of aromatic nitrogens is 3. The summed E-state index contributed by atoms with van der Waals surface area (Å²) in [7, 11) is 0. The molecule has 8 heteroatoms. The summed E-state index contributed by atoms with van der Waals surface area (Å²) in [5, 5.41) is 2.81. The van der Waals surface area contributed by atoms with Crippen LogP contribution in [0.3, 0.4) is 0 Å². The Balaban J connectivity index is 1.62. The molecule has 0 atom stereocenters. The van der Waals surface area contributed by atoms with Gasteiger partial charge in [-0.1, -0.05) is 6.92 Å². The molecule has 3 rings (SSSR count). The molecule has 2 aromatic rings. The monoisotopic (exact) mass is 354 g/mol. The fraction of sp³-hybridized carbons (Fsp3) is 0.389. The Kier molecular flexibility index (Phi) is 5.73. The van der Waals surface area contributed by atoms with Crippen molar-refractivity contribution < 1.29 is 9.59 Å². The van der Waals surface area contributed by atoms with Crippen molar-refractivity contribution in [1.29, 1.82) is 0 Å². The van der Waals surface area contributed by atoms with Gasteiger partial charge in [-0.25, -0.2) is 9.97 Å². The number of hydrogen-bond donors (Lipinski definition) is 1. The zero-order valence-corrected chi connectivity index (χ0v) is 14.8. The topological polar surface area (TPSA) is 91.3 Å². The Labute approximate surface area is 152 Å². The minimum absolute atomic E-state index is 0.163. The minimum Gasteiger partial charge on any atom is -0.352 e. The summed E-state index contributed by atoms with van der Waals surface area (Å²) >= 11 is 0. The fourth-order valence-electron chi connectivity index (χ4n) is 2.76. The molecular formula is C18H22N6O2. The third-order valence-electron chi connectivity index (χ3n) is 4.18. The molecule has 2 amide bonds. The van der Waals surface area contributed by atoms with Crippen LogP contribution < -0.4 is 10.2 Å². The molecule has 3 heterocycles. The number of anilines is 1. The number of piperazine rings is 1. The predicted molar refractivity (Wildman–Crippen MR) is 97.0 cm³/mol. The van der Waals surface area contributed by atoms with Crippen LogP contribution >= 0.6 is 0 Å². The van der Waals surface area contributed by atoms with Crippen molar-refractivity contribution in [3.63, 3.8) is 0 Å². The van der Waals surface area contributed by atoms with E-state index < -0.39 is 0 Å². The van der Waals surface area contributed by atoms with Crippen molar-refractivity contribution in [2.75, 3.05) is 37.6 Å². The lowest BCUT2D eigenvalue weighted by Crippen LogP contribution is -2.49. The highest BCUT2D eigenvalue weighted by molar-refractivity contribution is 5.98. The molecule has 0 saturated carbocycles. The van der Waals surface area contributed by atoms with Crippen molar-refractivity contribution in [3.05, 3.63) is 48.0 Å². The predicted octanol–water partition coefficient (Wildman–Crippen LogP) is 0.974. The number of nitrogens with one attached hydrogen (secondary N) is 1. The van der Waals surface area contributed by atoms with E-state index in [1.165, 1.54) is 6.20 Å². The maximum atomic E-state index is 12.7. The van der Waals surface area contributed by atoms with Crippen LogP contribution in [0.1, 0.15) is 34.2 Å². The second-order valence-corrected chi connectivity index (χ2v) is 6.01. The average molecular weight is 354 g/mol. The first-order chi connectivity index (χ1) is 12.7. The van der Waals surface area contributed by atoms with E-state index in [-0.39, 0.29) is 11.8 Å². The lowest BCUT2D eigenvalue weighted by molar-refractivity contribution is 0.0740. The summed E-state index contributed by atoms with van der Waals surface area (Å²) in [4.78, 5) is 41.2. The number of hydrogen-bond acceptors (Lipinski definition) is 6. The van der Waals surface area contributed by atoms with E-state index in [1.807, 2.05) is 11.8 Å². The van der Waals surface area contributed by atoms with Crippen LogP contribution in [-0.4, -0.2) is 64.4 Å². The average Bonchev–Trinajstić information content (AvgIpc) is 2.72. The van der Waals surface area contributed by atoms with Crippen LogP contribution in [0.25, 0.3) is 0 Å². The molecule has 2 aromatic heterocycles. The molecule has 0 unspecified atom stereocenters. The van der Waals surface area contributed by atoms with Gasteiger partial charge in [0, 0.05) is 56.9 Å². The zero-order valence-electron chi connectivity index (χ0n) is 14.8. The minimum atomic E-state index is -0.186. The van der Waals surface area contributed by atoms with Gasteiger partial charge < -0.3 is 15.1 Å². The van der Waals surface area contributed by atoms with Crippen LogP contribution in [0.2, 0.25) is 0 Å². The van der Waals surface area contributed by atoms with E-state index in [4.69, 9.17) is 0 Å². The fourth-order valence-corrected chi connectivity index (χ4v) is 2.76. The molecule has 26 heavy (non-hydrogen) atoms. The second kappa shape index (κ2) is 8.37. The molecule has 1 aliphatic heterocycles. The summed E-state index contributed by atoms with van der Waals surface area (Å²) in [5.41, 5.74) is 0.742. The van der Waals surface area contributed by atoms with Gasteiger partial charge >= 0.3 is 0 Å². The number of nitrogens with zero attached hydrogens (tertiary/aromatic N) is 5. The quantitative estimate of drug-likeness (QED) is 0.860. The maximum absolute atomic E-state index is 12.7. The third kappa shape index (κ3) is 4.14. The Morgan fingerprint density at radius 1 is 1.08 bits per heavy atom. The highest BCUT2D eigenvalue weighted by atomic mass is 16.2. The van der Waals surface area contributed by atoms with Crippen molar-refractivity contribution in [1.82, 2.24) is 25.2 Å². The Bertz CT molecular complexity index is 759. The second-order valence-electron chi connectivity index (χ2n) is 6.01. The summed E-state index contributed by atoms with van der Waals surface area (Å²) < 4.78 is 0. The molecule has 136 valence electrons. The Hall–Kier alpha value is -3.03. The van der Waals surface area contributed by atoms with Gasteiger partial charge in [-0.15, -0.1) is 0 Å². The summed E-state index contributed by atoms with van der Waals surface area (Å²) in [6.07, 6.45) is 5.78.